The Balaban J connectivity index is 1.48. The van der Waals surface area contributed by atoms with E-state index in [0.717, 1.165) is 55.1 Å². The standard InChI is InChI=1S/C29H42FN5O2/c1-17(2)35-16-23(22-15-32-24-14-20(30)10-11-21(22)24)27-25(35)12-13-34(27)29(37)26(19-8-6-5-7-9-19)33-28(36)18(3)31-4/h10-11,14-15,17-19,23,25-27,31-32H,5-9,12-13,16H2,1-4H3,(H,33,36)/t18-,23+,25+,26-,27+/m0/s1. The molecule has 2 saturated heterocycles. The topological polar surface area (TPSA) is 80.5 Å². The fraction of sp³-hybridized carbons (Fsp3) is 0.655. The Kier molecular flexibility index (Phi) is 7.59. The molecule has 3 fully saturated rings. The number of carbonyl (C=O) groups excluding carboxylic acids is 2. The molecular weight excluding hydrogens is 469 g/mol. The third kappa shape index (κ3) is 4.90. The quantitative estimate of drug-likeness (QED) is 0.529. The Labute approximate surface area is 219 Å². The minimum atomic E-state index is -0.492. The molecule has 3 heterocycles. The molecule has 0 radical (unpaired) electrons. The van der Waals surface area contributed by atoms with E-state index >= 15 is 0 Å². The number of likely N-dealkylation sites (tertiary alicyclic amines) is 2. The van der Waals surface area contributed by atoms with Gasteiger partial charge in [0.2, 0.25) is 11.8 Å². The van der Waals surface area contributed by atoms with Crippen LogP contribution in [-0.4, -0.2) is 76.9 Å². The number of rotatable bonds is 7. The van der Waals surface area contributed by atoms with Gasteiger partial charge in [-0.1, -0.05) is 19.3 Å². The molecule has 2 amide bonds. The normalized spacial score (nSPS) is 26.5. The van der Waals surface area contributed by atoms with Crippen molar-refractivity contribution in [2.45, 2.75) is 95.4 Å². The van der Waals surface area contributed by atoms with Crippen LogP contribution in [0.1, 0.15) is 70.8 Å². The second kappa shape index (κ2) is 10.7. The van der Waals surface area contributed by atoms with Crippen LogP contribution in [-0.2, 0) is 9.59 Å². The zero-order chi connectivity index (χ0) is 26.3. The Morgan fingerprint density at radius 1 is 1.11 bits per heavy atom. The average Bonchev–Trinajstić information content (AvgIpc) is 3.60. The van der Waals surface area contributed by atoms with Gasteiger partial charge in [0.15, 0.2) is 0 Å². The number of hydrogen-bond donors (Lipinski definition) is 3. The summed E-state index contributed by atoms with van der Waals surface area (Å²) < 4.78 is 13.9. The maximum atomic E-state index is 14.3. The van der Waals surface area contributed by atoms with Crippen molar-refractivity contribution < 1.29 is 14.0 Å². The van der Waals surface area contributed by atoms with E-state index in [1.54, 1.807) is 13.1 Å². The SMILES string of the molecule is CN[C@@H](C)C(=O)N[C@H](C(=O)N1CC[C@@H]2[C@H]1[C@@H](c1c[nH]c3cc(F)ccc13)CN2C(C)C)C1CCCCC1. The number of nitrogens with zero attached hydrogens (tertiary/aromatic N) is 2. The summed E-state index contributed by atoms with van der Waals surface area (Å²) in [5.74, 6) is -0.0129. The number of carbonyl (C=O) groups is 2. The van der Waals surface area contributed by atoms with Crippen molar-refractivity contribution in [2.75, 3.05) is 20.1 Å². The van der Waals surface area contributed by atoms with E-state index < -0.39 is 6.04 Å². The first-order valence-electron chi connectivity index (χ1n) is 14.1. The molecule has 3 N–H and O–H groups in total. The molecule has 0 unspecified atom stereocenters. The lowest BCUT2D eigenvalue weighted by Crippen LogP contribution is -2.57. The van der Waals surface area contributed by atoms with E-state index in [1.807, 2.05) is 19.2 Å². The Bertz CT molecular complexity index is 1130. The van der Waals surface area contributed by atoms with Gasteiger partial charge in [0.1, 0.15) is 11.9 Å². The first-order valence-corrected chi connectivity index (χ1v) is 14.1. The van der Waals surface area contributed by atoms with E-state index in [9.17, 15) is 14.0 Å². The number of benzene rings is 1. The predicted molar refractivity (Wildman–Crippen MR) is 144 cm³/mol. The monoisotopic (exact) mass is 511 g/mol. The molecule has 7 nitrogen and oxygen atoms in total. The number of nitrogens with one attached hydrogen (secondary N) is 3. The van der Waals surface area contributed by atoms with Crippen molar-refractivity contribution in [3.8, 4) is 0 Å². The van der Waals surface area contributed by atoms with E-state index in [1.165, 1.54) is 12.5 Å². The second-order valence-electron chi connectivity index (χ2n) is 11.6. The first-order chi connectivity index (χ1) is 17.8. The van der Waals surface area contributed by atoms with Crippen LogP contribution in [0, 0.1) is 11.7 Å². The van der Waals surface area contributed by atoms with Crippen LogP contribution < -0.4 is 10.6 Å². The lowest BCUT2D eigenvalue weighted by Gasteiger charge is -2.36. The number of H-pyrrole nitrogens is 1. The summed E-state index contributed by atoms with van der Waals surface area (Å²) in [5.41, 5.74) is 1.94. The number of likely N-dealkylation sites (N-methyl/N-ethyl adjacent to an activating group) is 1. The Morgan fingerprint density at radius 2 is 1.86 bits per heavy atom. The lowest BCUT2D eigenvalue weighted by atomic mass is 9.82. The molecule has 1 aromatic heterocycles. The Hall–Kier alpha value is -2.45. The molecule has 2 aliphatic heterocycles. The largest absolute Gasteiger partial charge is 0.361 e. The number of halogens is 1. The number of amides is 2. The van der Waals surface area contributed by atoms with Gasteiger partial charge >= 0.3 is 0 Å². The van der Waals surface area contributed by atoms with Gasteiger partial charge < -0.3 is 20.5 Å². The smallest absolute Gasteiger partial charge is 0.245 e. The van der Waals surface area contributed by atoms with Gasteiger partial charge in [-0.15, -0.1) is 0 Å². The van der Waals surface area contributed by atoms with Gasteiger partial charge in [0.25, 0.3) is 0 Å². The molecule has 1 saturated carbocycles. The van der Waals surface area contributed by atoms with Crippen LogP contribution in [0.3, 0.4) is 0 Å². The molecule has 1 aromatic carbocycles. The van der Waals surface area contributed by atoms with Gasteiger partial charge in [-0.3, -0.25) is 14.5 Å². The zero-order valence-electron chi connectivity index (χ0n) is 22.6. The highest BCUT2D eigenvalue weighted by Crippen LogP contribution is 2.44. The first kappa shape index (κ1) is 26.2. The summed E-state index contributed by atoms with van der Waals surface area (Å²) >= 11 is 0. The highest BCUT2D eigenvalue weighted by Gasteiger charge is 2.53. The van der Waals surface area contributed by atoms with Crippen molar-refractivity contribution in [3.05, 3.63) is 35.8 Å². The molecule has 8 heteroatoms. The van der Waals surface area contributed by atoms with Crippen LogP contribution in [0.5, 0.6) is 0 Å². The van der Waals surface area contributed by atoms with Crippen molar-refractivity contribution in [1.29, 1.82) is 0 Å². The van der Waals surface area contributed by atoms with Crippen LogP contribution >= 0.6 is 0 Å². The van der Waals surface area contributed by atoms with Crippen LogP contribution in [0.25, 0.3) is 10.9 Å². The van der Waals surface area contributed by atoms with Crippen LogP contribution in [0.4, 0.5) is 4.39 Å². The van der Waals surface area contributed by atoms with Crippen molar-refractivity contribution in [1.82, 2.24) is 25.4 Å². The van der Waals surface area contributed by atoms with E-state index in [4.69, 9.17) is 0 Å². The highest BCUT2D eigenvalue weighted by atomic mass is 19.1. The highest BCUT2D eigenvalue weighted by molar-refractivity contribution is 5.90. The molecule has 37 heavy (non-hydrogen) atoms. The average molecular weight is 512 g/mol. The summed E-state index contributed by atoms with van der Waals surface area (Å²) in [6.45, 7) is 7.83. The summed E-state index contributed by atoms with van der Waals surface area (Å²) in [4.78, 5) is 35.2. The molecule has 202 valence electrons. The summed E-state index contributed by atoms with van der Waals surface area (Å²) in [7, 11) is 1.77. The predicted octanol–water partition coefficient (Wildman–Crippen LogP) is 3.76. The maximum absolute atomic E-state index is 14.3. The van der Waals surface area contributed by atoms with Crippen molar-refractivity contribution in [2.24, 2.45) is 5.92 Å². The molecule has 2 aromatic rings. The number of aromatic amines is 1. The van der Waals surface area contributed by atoms with Crippen LogP contribution in [0.2, 0.25) is 0 Å². The molecule has 5 rings (SSSR count). The molecular formula is C29H42FN5O2. The van der Waals surface area contributed by atoms with E-state index in [2.05, 4.69) is 39.3 Å². The van der Waals surface area contributed by atoms with E-state index in [0.29, 0.717) is 12.6 Å². The van der Waals surface area contributed by atoms with Gasteiger partial charge in [-0.05, 0) is 76.8 Å². The zero-order valence-corrected chi connectivity index (χ0v) is 22.6. The molecule has 1 aliphatic carbocycles. The second-order valence-corrected chi connectivity index (χ2v) is 11.6. The van der Waals surface area contributed by atoms with Crippen molar-refractivity contribution in [3.63, 3.8) is 0 Å². The molecule has 0 spiro atoms. The fourth-order valence-electron chi connectivity index (χ4n) is 7.11. The van der Waals surface area contributed by atoms with Gasteiger partial charge in [-0.25, -0.2) is 4.39 Å². The maximum Gasteiger partial charge on any atom is 0.245 e. The number of aromatic nitrogens is 1. The number of fused-ring (bicyclic) bond motifs is 2. The number of hydrogen-bond acceptors (Lipinski definition) is 4. The van der Waals surface area contributed by atoms with Gasteiger partial charge in [-0.2, -0.15) is 0 Å². The van der Waals surface area contributed by atoms with E-state index in [-0.39, 0.29) is 47.6 Å². The molecule has 5 atom stereocenters. The summed E-state index contributed by atoms with van der Waals surface area (Å²) in [6.07, 6.45) is 8.29. The van der Waals surface area contributed by atoms with Gasteiger partial charge in [0.05, 0.1) is 12.1 Å². The minimum Gasteiger partial charge on any atom is -0.361 e. The van der Waals surface area contributed by atoms with Gasteiger partial charge in [0, 0.05) is 48.2 Å². The van der Waals surface area contributed by atoms with Crippen molar-refractivity contribution >= 4 is 22.7 Å². The molecule has 3 aliphatic rings. The summed E-state index contributed by atoms with van der Waals surface area (Å²) in [5, 5.41) is 7.19. The van der Waals surface area contributed by atoms with Crippen LogP contribution in [0.15, 0.2) is 24.4 Å². The third-order valence-electron chi connectivity index (χ3n) is 9.20. The fourth-order valence-corrected chi connectivity index (χ4v) is 7.11. The lowest BCUT2D eigenvalue weighted by molar-refractivity contribution is -0.139. The summed E-state index contributed by atoms with van der Waals surface area (Å²) in [6, 6.07) is 4.74. The minimum absolute atomic E-state index is 0.0312. The third-order valence-corrected chi connectivity index (χ3v) is 9.20. The molecule has 0 bridgehead atoms. The Morgan fingerprint density at radius 3 is 2.57 bits per heavy atom.